The molecule has 29 heavy (non-hydrogen) atoms. The van der Waals surface area contributed by atoms with Crippen molar-refractivity contribution in [2.45, 2.75) is 43.8 Å². The van der Waals surface area contributed by atoms with E-state index in [-0.39, 0.29) is 24.5 Å². The summed E-state index contributed by atoms with van der Waals surface area (Å²) in [5.41, 5.74) is 4.58. The molecule has 10 heteroatoms. The largest absolute Gasteiger partial charge is 0.476 e. The second-order valence-corrected chi connectivity index (χ2v) is 8.54. The number of likely N-dealkylation sites (tertiary alicyclic amines) is 1. The fourth-order valence-corrected chi connectivity index (χ4v) is 3.75. The van der Waals surface area contributed by atoms with Crippen molar-refractivity contribution in [2.24, 2.45) is 11.7 Å². The number of amides is 2. The third-order valence-corrected chi connectivity index (χ3v) is 5.51. The van der Waals surface area contributed by atoms with Gasteiger partial charge in [-0.2, -0.15) is 0 Å². The number of aromatic nitrogens is 1. The average Bonchev–Trinajstić information content (AvgIpc) is 3.38. The molecule has 1 saturated carbocycles. The first-order chi connectivity index (χ1) is 13.5. The first kappa shape index (κ1) is 19.8. The highest BCUT2D eigenvalue weighted by molar-refractivity contribution is 5.97. The lowest BCUT2D eigenvalue weighted by atomic mass is 10.0. The van der Waals surface area contributed by atoms with E-state index in [1.165, 1.54) is 28.9 Å². The van der Waals surface area contributed by atoms with Gasteiger partial charge in [0.15, 0.2) is 0 Å². The van der Waals surface area contributed by atoms with E-state index in [1.807, 2.05) is 0 Å². The highest BCUT2D eigenvalue weighted by atomic mass is 19.3. The van der Waals surface area contributed by atoms with Gasteiger partial charge in [-0.05, 0) is 37.8 Å². The van der Waals surface area contributed by atoms with Crippen LogP contribution in [0.5, 0.6) is 5.88 Å². The van der Waals surface area contributed by atoms with Gasteiger partial charge in [-0.1, -0.05) is 0 Å². The Hall–Kier alpha value is -2.49. The molecule has 1 unspecified atom stereocenters. The number of halogens is 2. The fraction of sp³-hybridized carbons (Fsp3) is 0.632. The third-order valence-electron chi connectivity index (χ3n) is 5.51. The Morgan fingerprint density at radius 3 is 2.59 bits per heavy atom. The number of alkyl halides is 2. The van der Waals surface area contributed by atoms with E-state index >= 15 is 0 Å². The smallest absolute Gasteiger partial charge is 0.282 e. The van der Waals surface area contributed by atoms with Gasteiger partial charge in [0, 0.05) is 6.42 Å². The summed E-state index contributed by atoms with van der Waals surface area (Å²) >= 11 is 0. The molecule has 158 valence electrons. The van der Waals surface area contributed by atoms with Crippen LogP contribution in [0.1, 0.15) is 36.7 Å². The van der Waals surface area contributed by atoms with Crippen molar-refractivity contribution in [3.63, 3.8) is 0 Å². The molecule has 3 N–H and O–H groups in total. The van der Waals surface area contributed by atoms with E-state index in [1.54, 1.807) is 0 Å². The fourth-order valence-electron chi connectivity index (χ4n) is 3.75. The Morgan fingerprint density at radius 2 is 2.00 bits per heavy atom. The molecule has 3 fully saturated rings. The zero-order chi connectivity index (χ0) is 21.0. The van der Waals surface area contributed by atoms with Crippen LogP contribution in [0.4, 0.5) is 14.5 Å². The highest BCUT2D eigenvalue weighted by Gasteiger charge is 2.46. The number of pyridine rings is 1. The highest BCUT2D eigenvalue weighted by Crippen LogP contribution is 2.38. The Kier molecular flexibility index (Phi) is 4.64. The van der Waals surface area contributed by atoms with E-state index < -0.39 is 42.5 Å². The molecule has 4 rings (SSSR count). The van der Waals surface area contributed by atoms with Crippen LogP contribution in [-0.4, -0.2) is 70.6 Å². The van der Waals surface area contributed by atoms with Gasteiger partial charge in [-0.3, -0.25) is 9.59 Å². The van der Waals surface area contributed by atoms with Gasteiger partial charge in [-0.15, -0.1) is 0 Å². The first-order valence-corrected chi connectivity index (χ1v) is 9.64. The minimum atomic E-state index is -2.75. The lowest BCUT2D eigenvalue weighted by molar-refractivity contribution is -0.121. The quantitative estimate of drug-likeness (QED) is 0.717. The molecule has 8 nitrogen and oxygen atoms in total. The molecule has 0 aromatic carbocycles. The van der Waals surface area contributed by atoms with Gasteiger partial charge in [0.25, 0.3) is 11.8 Å². The zero-order valence-electron chi connectivity index (χ0n) is 16.1. The molecule has 1 aromatic heterocycles. The lowest BCUT2D eigenvalue weighted by Gasteiger charge is -2.40. The van der Waals surface area contributed by atoms with Crippen molar-refractivity contribution in [1.82, 2.24) is 9.88 Å². The molecule has 2 amide bonds. The normalized spacial score (nSPS) is 28.2. The summed E-state index contributed by atoms with van der Waals surface area (Å²) in [6.07, 6.45) is 2.12. The van der Waals surface area contributed by atoms with E-state index in [2.05, 4.69) is 4.98 Å². The molecule has 3 heterocycles. The molecule has 0 spiro atoms. The van der Waals surface area contributed by atoms with Crippen LogP contribution in [0, 0.1) is 5.92 Å². The molecule has 3 aliphatic rings. The van der Waals surface area contributed by atoms with Crippen molar-refractivity contribution in [1.29, 1.82) is 0 Å². The number of rotatable bonds is 6. The molecular weight excluding hydrogens is 386 g/mol. The van der Waals surface area contributed by atoms with Gasteiger partial charge < -0.3 is 25.4 Å². The van der Waals surface area contributed by atoms with Crippen LogP contribution >= 0.6 is 0 Å². The SMILES string of the molecule is CC1(O)C[C@@H](C(N)=O)N(C(=O)c2ccc(N3CC(F)(F)C3)c(OCC3CC3)n2)C1. The number of carbonyl (C=O) groups excluding carboxylic acids is 2. The molecule has 2 atom stereocenters. The summed E-state index contributed by atoms with van der Waals surface area (Å²) in [5, 5.41) is 10.3. The van der Waals surface area contributed by atoms with Crippen LogP contribution in [0.2, 0.25) is 0 Å². The number of ether oxygens (including phenoxy) is 1. The minimum absolute atomic E-state index is 0.00998. The third kappa shape index (κ3) is 4.12. The summed E-state index contributed by atoms with van der Waals surface area (Å²) in [7, 11) is 0. The second kappa shape index (κ2) is 6.79. The minimum Gasteiger partial charge on any atom is -0.476 e. The molecular formula is C19H24F2N4O4. The van der Waals surface area contributed by atoms with E-state index in [4.69, 9.17) is 10.5 Å². The zero-order valence-corrected chi connectivity index (χ0v) is 16.1. The van der Waals surface area contributed by atoms with Crippen molar-refractivity contribution < 1.29 is 28.2 Å². The van der Waals surface area contributed by atoms with Crippen LogP contribution in [0.15, 0.2) is 12.1 Å². The molecule has 0 bridgehead atoms. The van der Waals surface area contributed by atoms with E-state index in [0.717, 1.165) is 12.8 Å². The second-order valence-electron chi connectivity index (χ2n) is 8.54. The number of carbonyl (C=O) groups is 2. The summed E-state index contributed by atoms with van der Waals surface area (Å²) in [6.45, 7) is 1.02. The first-order valence-electron chi connectivity index (χ1n) is 9.64. The predicted molar refractivity (Wildman–Crippen MR) is 98.9 cm³/mol. The number of β-amino-alcohol motifs (C(OH)–C–C–N with tert-alkyl or cyclic N) is 1. The van der Waals surface area contributed by atoms with Crippen LogP contribution in [-0.2, 0) is 4.79 Å². The molecule has 1 aliphatic carbocycles. The van der Waals surface area contributed by atoms with Crippen molar-refractivity contribution in [3.05, 3.63) is 17.8 Å². The van der Waals surface area contributed by atoms with Gasteiger partial charge in [-0.25, -0.2) is 13.8 Å². The maximum Gasteiger partial charge on any atom is 0.282 e. The summed E-state index contributed by atoms with van der Waals surface area (Å²) in [5.74, 6) is -3.49. The number of nitrogens with zero attached hydrogens (tertiary/aromatic N) is 3. The van der Waals surface area contributed by atoms with Crippen LogP contribution < -0.4 is 15.4 Å². The average molecular weight is 410 g/mol. The van der Waals surface area contributed by atoms with Crippen molar-refractivity contribution in [3.8, 4) is 5.88 Å². The van der Waals surface area contributed by atoms with E-state index in [9.17, 15) is 23.5 Å². The topological polar surface area (TPSA) is 109 Å². The Balaban J connectivity index is 1.58. The summed E-state index contributed by atoms with van der Waals surface area (Å²) < 4.78 is 32.3. The van der Waals surface area contributed by atoms with Gasteiger partial charge >= 0.3 is 0 Å². The van der Waals surface area contributed by atoms with Crippen molar-refractivity contribution >= 4 is 17.5 Å². The van der Waals surface area contributed by atoms with E-state index in [0.29, 0.717) is 18.2 Å². The molecule has 2 saturated heterocycles. The molecule has 2 aliphatic heterocycles. The monoisotopic (exact) mass is 410 g/mol. The summed E-state index contributed by atoms with van der Waals surface area (Å²) in [6, 6.07) is 2.01. The number of hydrogen-bond donors (Lipinski definition) is 2. The maximum atomic E-state index is 13.3. The Morgan fingerprint density at radius 1 is 1.31 bits per heavy atom. The van der Waals surface area contributed by atoms with Crippen LogP contribution in [0.3, 0.4) is 0 Å². The predicted octanol–water partition coefficient (Wildman–Crippen LogP) is 0.776. The Labute approximate surface area is 166 Å². The number of aliphatic hydroxyl groups is 1. The van der Waals surface area contributed by atoms with Crippen molar-refractivity contribution in [2.75, 3.05) is 31.1 Å². The molecule has 0 radical (unpaired) electrons. The van der Waals surface area contributed by atoms with Gasteiger partial charge in [0.2, 0.25) is 11.8 Å². The van der Waals surface area contributed by atoms with Gasteiger partial charge in [0.1, 0.15) is 17.4 Å². The lowest BCUT2D eigenvalue weighted by Crippen LogP contribution is -2.56. The van der Waals surface area contributed by atoms with Crippen LogP contribution in [0.25, 0.3) is 0 Å². The maximum absolute atomic E-state index is 13.3. The van der Waals surface area contributed by atoms with Gasteiger partial charge in [0.05, 0.1) is 31.8 Å². The molecule has 1 aromatic rings. The number of primary amides is 1. The number of anilines is 1. The number of hydrogen-bond acceptors (Lipinski definition) is 6. The Bertz CT molecular complexity index is 835. The number of nitrogens with two attached hydrogens (primary N) is 1. The standard InChI is InChI=1S/C19H24F2N4O4/c1-18(28)6-14(15(22)26)25(8-18)17(27)12-4-5-13(24-9-19(20,21)10-24)16(23-12)29-7-11-2-3-11/h4-5,11,14,28H,2-3,6-10H2,1H3,(H2,22,26)/t14-,18?/m0/s1. The summed E-state index contributed by atoms with van der Waals surface area (Å²) in [4.78, 5) is 31.6.